The van der Waals surface area contributed by atoms with Gasteiger partial charge in [-0.2, -0.15) is 13.2 Å². The molecule has 0 saturated carbocycles. The molecule has 1 atom stereocenters. The molecular formula is C24H24ClF4N7O3. The fourth-order valence-electron chi connectivity index (χ4n) is 3.32. The van der Waals surface area contributed by atoms with Gasteiger partial charge in [-0.15, -0.1) is 0 Å². The highest BCUT2D eigenvalue weighted by molar-refractivity contribution is 6.31. The second kappa shape index (κ2) is 13.2. The first-order valence-corrected chi connectivity index (χ1v) is 11.8. The molecule has 10 nitrogen and oxygen atoms in total. The molecular weight excluding hydrogens is 546 g/mol. The van der Waals surface area contributed by atoms with Crippen molar-refractivity contribution in [2.75, 3.05) is 30.9 Å². The van der Waals surface area contributed by atoms with Gasteiger partial charge in [0.2, 0.25) is 11.9 Å². The van der Waals surface area contributed by atoms with E-state index in [0.717, 1.165) is 12.1 Å². The van der Waals surface area contributed by atoms with Crippen LogP contribution in [0.25, 0.3) is 0 Å². The van der Waals surface area contributed by atoms with Gasteiger partial charge in [0.15, 0.2) is 0 Å². The first kappa shape index (κ1) is 29.5. The number of hydrogen-bond acceptors (Lipinski definition) is 8. The quantitative estimate of drug-likeness (QED) is 0.314. The van der Waals surface area contributed by atoms with Gasteiger partial charge in [0.1, 0.15) is 5.82 Å². The maximum atomic E-state index is 13.2. The van der Waals surface area contributed by atoms with Crippen molar-refractivity contribution in [3.05, 3.63) is 70.5 Å². The highest BCUT2D eigenvalue weighted by Gasteiger charge is 2.34. The van der Waals surface area contributed by atoms with E-state index in [9.17, 15) is 27.2 Å². The maximum absolute atomic E-state index is 13.2. The van der Waals surface area contributed by atoms with Gasteiger partial charge in [-0.25, -0.2) is 14.4 Å². The summed E-state index contributed by atoms with van der Waals surface area (Å²) in [7, 11) is 1.69. The molecule has 39 heavy (non-hydrogen) atoms. The van der Waals surface area contributed by atoms with Crippen molar-refractivity contribution in [3.8, 4) is 0 Å². The number of halogens is 5. The first-order chi connectivity index (χ1) is 18.5. The number of carbonyl (C=O) groups is 2. The monoisotopic (exact) mass is 569 g/mol. The van der Waals surface area contributed by atoms with Crippen LogP contribution in [-0.4, -0.2) is 47.0 Å². The average Bonchev–Trinajstić information content (AvgIpc) is 3.44. The summed E-state index contributed by atoms with van der Waals surface area (Å²) in [6, 6.07) is 3.71. The number of benzene rings is 1. The summed E-state index contributed by atoms with van der Waals surface area (Å²) >= 11 is 6.13. The molecule has 15 heteroatoms. The van der Waals surface area contributed by atoms with E-state index in [2.05, 4.69) is 30.9 Å². The molecule has 0 radical (unpaired) electrons. The summed E-state index contributed by atoms with van der Waals surface area (Å²) in [5.41, 5.74) is 4.38. The van der Waals surface area contributed by atoms with E-state index < -0.39 is 23.5 Å². The lowest BCUT2D eigenvalue weighted by molar-refractivity contribution is -0.137. The molecule has 2 amide bonds. The molecule has 5 N–H and O–H groups in total. The Bertz CT molecular complexity index is 1300. The summed E-state index contributed by atoms with van der Waals surface area (Å²) in [6.45, 7) is 0.995. The molecule has 1 unspecified atom stereocenters. The molecule has 3 heterocycles. The van der Waals surface area contributed by atoms with Crippen molar-refractivity contribution in [3.63, 3.8) is 0 Å². The van der Waals surface area contributed by atoms with E-state index in [4.69, 9.17) is 22.1 Å². The van der Waals surface area contributed by atoms with Crippen molar-refractivity contribution in [1.82, 2.24) is 20.3 Å². The number of nitrogens with zero attached hydrogens (tertiary/aromatic N) is 3. The predicted molar refractivity (Wildman–Crippen MR) is 135 cm³/mol. The zero-order chi connectivity index (χ0) is 28.6. The van der Waals surface area contributed by atoms with Gasteiger partial charge < -0.3 is 26.4 Å². The van der Waals surface area contributed by atoms with Crippen LogP contribution in [0, 0.1) is 11.7 Å². The van der Waals surface area contributed by atoms with Crippen LogP contribution in [0.5, 0.6) is 0 Å². The van der Waals surface area contributed by atoms with E-state index in [1.54, 1.807) is 7.05 Å². The molecule has 1 fully saturated rings. The van der Waals surface area contributed by atoms with Crippen molar-refractivity contribution >= 4 is 40.7 Å². The van der Waals surface area contributed by atoms with Gasteiger partial charge in [-0.1, -0.05) is 11.6 Å². The third kappa shape index (κ3) is 8.48. The third-order valence-electron chi connectivity index (χ3n) is 5.37. The number of nitrogens with one attached hydrogen (secondary N) is 3. The van der Waals surface area contributed by atoms with Crippen LogP contribution in [0.2, 0.25) is 5.02 Å². The molecule has 1 aliphatic heterocycles. The lowest BCUT2D eigenvalue weighted by Gasteiger charge is -2.15. The molecule has 3 aromatic rings. The zero-order valence-corrected chi connectivity index (χ0v) is 21.2. The summed E-state index contributed by atoms with van der Waals surface area (Å²) in [4.78, 5) is 34.2. The van der Waals surface area contributed by atoms with Gasteiger partial charge >= 0.3 is 6.18 Å². The van der Waals surface area contributed by atoms with Crippen LogP contribution in [0.15, 0.2) is 42.9 Å². The highest BCUT2D eigenvalue weighted by Crippen LogP contribution is 2.36. The number of pyridine rings is 1. The number of nitrogens with two attached hydrogens (primary N) is 1. The Balaban J connectivity index is 0.000000320. The molecule has 0 bridgehead atoms. The van der Waals surface area contributed by atoms with E-state index in [1.165, 1.54) is 24.7 Å². The molecule has 1 aromatic carbocycles. The SMILES string of the molecule is CNc1ncc(C(N)=O)cn1.O=C(NCc1ncc(Nc2ccc(F)cc2C(F)(F)F)cc1Cl)C1CCOC1. The van der Waals surface area contributed by atoms with Crippen molar-refractivity contribution in [2.45, 2.75) is 19.1 Å². The average molecular weight is 570 g/mol. The summed E-state index contributed by atoms with van der Waals surface area (Å²) < 4.78 is 57.6. The van der Waals surface area contributed by atoms with E-state index >= 15 is 0 Å². The minimum absolute atomic E-state index is 0.0821. The van der Waals surface area contributed by atoms with Gasteiger partial charge in [-0.05, 0) is 30.7 Å². The van der Waals surface area contributed by atoms with Crippen LogP contribution in [-0.2, 0) is 22.3 Å². The third-order valence-corrected chi connectivity index (χ3v) is 5.70. The van der Waals surface area contributed by atoms with Crippen molar-refractivity contribution in [2.24, 2.45) is 11.7 Å². The number of hydrogen-bond donors (Lipinski definition) is 4. The normalized spacial score (nSPS) is 14.7. The number of amides is 2. The molecule has 0 spiro atoms. The maximum Gasteiger partial charge on any atom is 0.418 e. The van der Waals surface area contributed by atoms with Crippen LogP contribution in [0.4, 0.5) is 34.9 Å². The fourth-order valence-corrected chi connectivity index (χ4v) is 3.55. The number of rotatable bonds is 7. The number of anilines is 3. The zero-order valence-electron chi connectivity index (χ0n) is 20.5. The van der Waals surface area contributed by atoms with Gasteiger partial charge in [-0.3, -0.25) is 14.6 Å². The fraction of sp³-hybridized carbons (Fsp3) is 0.292. The number of carbonyl (C=O) groups excluding carboxylic acids is 2. The molecule has 1 aliphatic rings. The van der Waals surface area contributed by atoms with Crippen molar-refractivity contribution < 1.29 is 31.9 Å². The van der Waals surface area contributed by atoms with E-state index in [-0.39, 0.29) is 34.8 Å². The smallest absolute Gasteiger partial charge is 0.381 e. The number of alkyl halides is 3. The predicted octanol–water partition coefficient (Wildman–Crippen LogP) is 3.91. The highest BCUT2D eigenvalue weighted by atomic mass is 35.5. The Kier molecular flexibility index (Phi) is 9.95. The Hall–Kier alpha value is -4.04. The minimum atomic E-state index is -4.73. The van der Waals surface area contributed by atoms with Gasteiger partial charge in [0.25, 0.3) is 5.91 Å². The summed E-state index contributed by atoms with van der Waals surface area (Å²) in [5.74, 6) is -1.42. The number of ether oxygens (including phenoxy) is 1. The molecule has 208 valence electrons. The van der Waals surface area contributed by atoms with Crippen LogP contribution in [0.1, 0.15) is 28.0 Å². The van der Waals surface area contributed by atoms with Crippen LogP contribution in [0.3, 0.4) is 0 Å². The Morgan fingerprint density at radius 1 is 1.15 bits per heavy atom. The van der Waals surface area contributed by atoms with E-state index in [0.29, 0.717) is 42.9 Å². The van der Waals surface area contributed by atoms with E-state index in [1.807, 2.05) is 0 Å². The Labute approximate surface area is 225 Å². The second-order valence-electron chi connectivity index (χ2n) is 8.15. The lowest BCUT2D eigenvalue weighted by Crippen LogP contribution is -2.30. The van der Waals surface area contributed by atoms with Crippen LogP contribution < -0.4 is 21.7 Å². The number of primary amides is 1. The number of aromatic nitrogens is 3. The van der Waals surface area contributed by atoms with Gasteiger partial charge in [0, 0.05) is 26.0 Å². The molecule has 1 saturated heterocycles. The van der Waals surface area contributed by atoms with Gasteiger partial charge in [0.05, 0.1) is 58.5 Å². The topological polar surface area (TPSA) is 144 Å². The standard InChI is InChI=1S/C18H16ClF4N3O2.C6H8N4O/c19-14-6-12(26-15-2-1-11(20)5-13(15)18(21,22)23)7-24-16(14)8-25-17(27)10-3-4-28-9-10;1-8-6-9-2-4(3-10-6)5(7)11/h1-2,5-7,10,26H,3-4,8-9H2,(H,25,27);2-3H,1H3,(H2,7,11)(H,8,9,10). The Morgan fingerprint density at radius 2 is 1.87 bits per heavy atom. The first-order valence-electron chi connectivity index (χ1n) is 11.4. The lowest BCUT2D eigenvalue weighted by atomic mass is 10.1. The molecule has 4 rings (SSSR count). The Morgan fingerprint density at radius 3 is 2.44 bits per heavy atom. The summed E-state index contributed by atoms with van der Waals surface area (Å²) in [5, 5.41) is 8.14. The van der Waals surface area contributed by atoms with Crippen LogP contribution >= 0.6 is 11.6 Å². The minimum Gasteiger partial charge on any atom is -0.381 e. The molecule has 2 aromatic heterocycles. The van der Waals surface area contributed by atoms with Crippen molar-refractivity contribution in [1.29, 1.82) is 0 Å². The second-order valence-corrected chi connectivity index (χ2v) is 8.56. The summed E-state index contributed by atoms with van der Waals surface area (Å²) in [6.07, 6.45) is -0.0389. The molecule has 0 aliphatic carbocycles. The largest absolute Gasteiger partial charge is 0.418 e.